The lowest BCUT2D eigenvalue weighted by Crippen LogP contribution is -2.12. The SMILES string of the molecule is COCCOC(=O)c1c(C)oc2ccc(NS(=O)(=O)c3cccs3)cc12. The Hall–Kier alpha value is -2.36. The van der Waals surface area contributed by atoms with E-state index in [0.29, 0.717) is 22.4 Å². The third-order valence-electron chi connectivity index (χ3n) is 3.60. The molecule has 0 aliphatic rings. The first-order valence-electron chi connectivity index (χ1n) is 7.68. The molecular formula is C17H17NO6S2. The smallest absolute Gasteiger partial charge is 0.342 e. The number of sulfonamides is 1. The lowest BCUT2D eigenvalue weighted by atomic mass is 10.1. The minimum Gasteiger partial charge on any atom is -0.460 e. The highest BCUT2D eigenvalue weighted by Crippen LogP contribution is 2.30. The molecule has 0 saturated carbocycles. The summed E-state index contributed by atoms with van der Waals surface area (Å²) in [5, 5.41) is 2.17. The van der Waals surface area contributed by atoms with Gasteiger partial charge in [-0.15, -0.1) is 11.3 Å². The van der Waals surface area contributed by atoms with Crippen LogP contribution in [-0.4, -0.2) is 34.7 Å². The summed E-state index contributed by atoms with van der Waals surface area (Å²) in [6.45, 7) is 2.06. The van der Waals surface area contributed by atoms with Gasteiger partial charge >= 0.3 is 5.97 Å². The maximum atomic E-state index is 12.4. The van der Waals surface area contributed by atoms with E-state index in [1.165, 1.54) is 13.2 Å². The van der Waals surface area contributed by atoms with Crippen LogP contribution in [0.4, 0.5) is 5.69 Å². The molecule has 0 saturated heterocycles. The number of fused-ring (bicyclic) bond motifs is 1. The molecule has 1 aromatic carbocycles. The van der Waals surface area contributed by atoms with Gasteiger partial charge in [-0.25, -0.2) is 13.2 Å². The molecular weight excluding hydrogens is 378 g/mol. The molecule has 3 aromatic rings. The second-order valence-corrected chi connectivity index (χ2v) is 8.27. The molecule has 0 radical (unpaired) electrons. The number of hydrogen-bond donors (Lipinski definition) is 1. The molecule has 1 N–H and O–H groups in total. The van der Waals surface area contributed by atoms with Gasteiger partial charge in [0, 0.05) is 18.2 Å². The fourth-order valence-corrected chi connectivity index (χ4v) is 4.49. The lowest BCUT2D eigenvalue weighted by molar-refractivity contribution is 0.0388. The van der Waals surface area contributed by atoms with E-state index >= 15 is 0 Å². The van der Waals surface area contributed by atoms with Gasteiger partial charge in [-0.2, -0.15) is 0 Å². The quantitative estimate of drug-likeness (QED) is 0.487. The highest BCUT2D eigenvalue weighted by Gasteiger charge is 2.21. The van der Waals surface area contributed by atoms with Gasteiger partial charge in [0.1, 0.15) is 27.7 Å². The number of nitrogens with one attached hydrogen (secondary N) is 1. The molecule has 0 bridgehead atoms. The second-order valence-electron chi connectivity index (χ2n) is 5.41. The topological polar surface area (TPSA) is 94.8 Å². The Morgan fingerprint density at radius 2 is 2.08 bits per heavy atom. The lowest BCUT2D eigenvalue weighted by Gasteiger charge is -2.07. The minimum atomic E-state index is -3.68. The number of furan rings is 1. The first kappa shape index (κ1) is 18.4. The van der Waals surface area contributed by atoms with Gasteiger partial charge in [0.2, 0.25) is 0 Å². The van der Waals surface area contributed by atoms with Crippen molar-refractivity contribution in [3.63, 3.8) is 0 Å². The number of ether oxygens (including phenoxy) is 2. The second kappa shape index (κ2) is 7.48. The van der Waals surface area contributed by atoms with E-state index in [-0.39, 0.29) is 23.0 Å². The van der Waals surface area contributed by atoms with Gasteiger partial charge in [-0.3, -0.25) is 4.72 Å². The normalized spacial score (nSPS) is 11.6. The van der Waals surface area contributed by atoms with E-state index < -0.39 is 16.0 Å². The van der Waals surface area contributed by atoms with Crippen LogP contribution >= 0.6 is 11.3 Å². The van der Waals surface area contributed by atoms with Crippen LogP contribution in [0.25, 0.3) is 11.0 Å². The number of methoxy groups -OCH3 is 1. The maximum absolute atomic E-state index is 12.4. The first-order chi connectivity index (χ1) is 12.4. The molecule has 7 nitrogen and oxygen atoms in total. The Balaban J connectivity index is 1.93. The number of benzene rings is 1. The summed E-state index contributed by atoms with van der Waals surface area (Å²) in [7, 11) is -2.17. The van der Waals surface area contributed by atoms with Crippen LogP contribution in [0.1, 0.15) is 16.1 Å². The van der Waals surface area contributed by atoms with Crippen LogP contribution in [0.15, 0.2) is 44.3 Å². The molecule has 3 rings (SSSR count). The van der Waals surface area contributed by atoms with E-state index in [0.717, 1.165) is 11.3 Å². The molecule has 0 aliphatic carbocycles. The largest absolute Gasteiger partial charge is 0.460 e. The molecule has 2 aromatic heterocycles. The molecule has 2 heterocycles. The molecule has 0 aliphatic heterocycles. The van der Waals surface area contributed by atoms with Crippen molar-refractivity contribution >= 4 is 44.0 Å². The number of rotatable bonds is 7. The first-order valence-corrected chi connectivity index (χ1v) is 10.0. The molecule has 9 heteroatoms. The van der Waals surface area contributed by atoms with Gasteiger partial charge in [0.25, 0.3) is 10.0 Å². The van der Waals surface area contributed by atoms with Crippen molar-refractivity contribution in [3.05, 3.63) is 47.0 Å². The van der Waals surface area contributed by atoms with Gasteiger partial charge in [0.05, 0.1) is 6.61 Å². The average Bonchev–Trinajstić information content (AvgIpc) is 3.22. The number of carbonyl (C=O) groups excluding carboxylic acids is 1. The van der Waals surface area contributed by atoms with Gasteiger partial charge in [-0.05, 0) is 36.6 Å². The van der Waals surface area contributed by atoms with Crippen LogP contribution in [0, 0.1) is 6.92 Å². The third-order valence-corrected chi connectivity index (χ3v) is 6.38. The number of thiophene rings is 1. The number of carbonyl (C=O) groups is 1. The fraction of sp³-hybridized carbons (Fsp3) is 0.235. The van der Waals surface area contributed by atoms with Crippen molar-refractivity contribution in [2.45, 2.75) is 11.1 Å². The molecule has 0 atom stereocenters. The summed E-state index contributed by atoms with van der Waals surface area (Å²) in [5.41, 5.74) is 1.08. The summed E-state index contributed by atoms with van der Waals surface area (Å²) < 4.78 is 43.0. The predicted molar refractivity (Wildman–Crippen MR) is 98.2 cm³/mol. The van der Waals surface area contributed by atoms with Crippen molar-refractivity contribution in [3.8, 4) is 0 Å². The van der Waals surface area contributed by atoms with Crippen molar-refractivity contribution < 1.29 is 27.1 Å². The molecule has 0 unspecified atom stereocenters. The van der Waals surface area contributed by atoms with Crippen molar-refractivity contribution in [2.24, 2.45) is 0 Å². The monoisotopic (exact) mass is 395 g/mol. The van der Waals surface area contributed by atoms with Crippen LogP contribution in [0.3, 0.4) is 0 Å². The van der Waals surface area contributed by atoms with E-state index in [4.69, 9.17) is 13.9 Å². The van der Waals surface area contributed by atoms with E-state index in [1.807, 2.05) is 0 Å². The number of aryl methyl sites for hydroxylation is 1. The van der Waals surface area contributed by atoms with Gasteiger partial charge in [-0.1, -0.05) is 6.07 Å². The van der Waals surface area contributed by atoms with Crippen LogP contribution in [0.2, 0.25) is 0 Å². The molecule has 0 amide bonds. The summed E-state index contributed by atoms with van der Waals surface area (Å²) in [5.74, 6) is -0.141. The summed E-state index contributed by atoms with van der Waals surface area (Å²) >= 11 is 1.12. The summed E-state index contributed by atoms with van der Waals surface area (Å²) in [6, 6.07) is 7.93. The van der Waals surface area contributed by atoms with Gasteiger partial charge < -0.3 is 13.9 Å². The van der Waals surface area contributed by atoms with Crippen molar-refractivity contribution in [2.75, 3.05) is 25.0 Å². The fourth-order valence-electron chi connectivity index (χ4n) is 2.45. The highest BCUT2D eigenvalue weighted by atomic mass is 32.2. The van der Waals surface area contributed by atoms with E-state index in [2.05, 4.69) is 4.72 Å². The molecule has 0 fully saturated rings. The van der Waals surface area contributed by atoms with Gasteiger partial charge in [0.15, 0.2) is 0 Å². The Labute approximate surface area is 154 Å². The zero-order chi connectivity index (χ0) is 18.7. The Bertz CT molecular complexity index is 1020. The Morgan fingerprint density at radius 3 is 2.77 bits per heavy atom. The summed E-state index contributed by atoms with van der Waals surface area (Å²) in [4.78, 5) is 12.3. The Kier molecular flexibility index (Phi) is 5.30. The Morgan fingerprint density at radius 1 is 1.27 bits per heavy atom. The predicted octanol–water partition coefficient (Wildman–Crippen LogP) is 3.41. The van der Waals surface area contributed by atoms with E-state index in [1.54, 1.807) is 36.6 Å². The highest BCUT2D eigenvalue weighted by molar-refractivity contribution is 7.94. The van der Waals surface area contributed by atoms with Crippen LogP contribution < -0.4 is 4.72 Å². The van der Waals surface area contributed by atoms with Crippen LogP contribution in [-0.2, 0) is 19.5 Å². The van der Waals surface area contributed by atoms with Crippen LogP contribution in [0.5, 0.6) is 0 Å². The molecule has 0 spiro atoms. The maximum Gasteiger partial charge on any atom is 0.342 e. The third kappa shape index (κ3) is 3.74. The average molecular weight is 395 g/mol. The zero-order valence-corrected chi connectivity index (χ0v) is 15.8. The molecule has 26 heavy (non-hydrogen) atoms. The minimum absolute atomic E-state index is 0.117. The molecule has 138 valence electrons. The number of hydrogen-bond acceptors (Lipinski definition) is 7. The number of esters is 1. The van der Waals surface area contributed by atoms with Crippen molar-refractivity contribution in [1.82, 2.24) is 0 Å². The van der Waals surface area contributed by atoms with E-state index in [9.17, 15) is 13.2 Å². The summed E-state index contributed by atoms with van der Waals surface area (Å²) in [6.07, 6.45) is 0. The zero-order valence-electron chi connectivity index (χ0n) is 14.1. The standard InChI is InChI=1S/C17H17NO6S2/c1-11-16(17(19)23-8-7-22-2)13-10-12(5-6-14(13)24-11)18-26(20,21)15-4-3-9-25-15/h3-6,9-10,18H,7-8H2,1-2H3. The number of anilines is 1. The van der Waals surface area contributed by atoms with Crippen molar-refractivity contribution in [1.29, 1.82) is 0 Å².